The van der Waals surface area contributed by atoms with E-state index in [4.69, 9.17) is 9.47 Å². The first-order valence-electron chi connectivity index (χ1n) is 7.02. The zero-order valence-corrected chi connectivity index (χ0v) is 14.5. The molecule has 1 atom stereocenters. The first-order chi connectivity index (χ1) is 10.7. The van der Waals surface area contributed by atoms with Crippen molar-refractivity contribution in [1.82, 2.24) is 0 Å². The van der Waals surface area contributed by atoms with E-state index in [9.17, 15) is 19.5 Å². The normalized spacial score (nSPS) is 12.2. The van der Waals surface area contributed by atoms with Gasteiger partial charge in [-0.1, -0.05) is 6.58 Å². The topological polar surface area (TPSA) is 99.1 Å². The van der Waals surface area contributed by atoms with Gasteiger partial charge in [0.2, 0.25) is 0 Å². The number of thioether (sulfide) groups is 1. The summed E-state index contributed by atoms with van der Waals surface area (Å²) >= 11 is 1.44. The van der Waals surface area contributed by atoms with Gasteiger partial charge in [0.05, 0.1) is 18.9 Å². The number of carbonyl (C=O) groups is 3. The van der Waals surface area contributed by atoms with E-state index in [1.165, 1.54) is 18.9 Å². The smallest absolute Gasteiger partial charge is 0.330 e. The van der Waals surface area contributed by atoms with Crippen molar-refractivity contribution >= 4 is 29.7 Å². The second-order valence-corrected chi connectivity index (χ2v) is 6.45. The summed E-state index contributed by atoms with van der Waals surface area (Å²) in [5.74, 6) is -0.416. The van der Waals surface area contributed by atoms with Crippen LogP contribution in [0, 0.1) is 5.41 Å². The van der Waals surface area contributed by atoms with Crippen molar-refractivity contribution < 1.29 is 33.7 Å². The van der Waals surface area contributed by atoms with E-state index in [-0.39, 0.29) is 25.6 Å². The Morgan fingerprint density at radius 2 is 1.87 bits per heavy atom. The van der Waals surface area contributed by atoms with Gasteiger partial charge in [-0.05, 0) is 13.8 Å². The maximum atomic E-state index is 11.5. The van der Waals surface area contributed by atoms with Crippen molar-refractivity contribution in [2.45, 2.75) is 26.4 Å². The molecule has 0 amide bonds. The minimum absolute atomic E-state index is 0.154. The van der Waals surface area contributed by atoms with Gasteiger partial charge < -0.3 is 19.3 Å². The number of methoxy groups -OCH3 is 1. The molecule has 0 radical (unpaired) electrons. The fraction of sp³-hybridized carbons (Fsp3) is 0.667. The molecule has 0 aliphatic rings. The van der Waals surface area contributed by atoms with Gasteiger partial charge in [-0.2, -0.15) is 11.8 Å². The molecule has 7 nitrogen and oxygen atoms in total. The van der Waals surface area contributed by atoms with Crippen molar-refractivity contribution in [3.8, 4) is 0 Å². The van der Waals surface area contributed by atoms with Gasteiger partial charge in [0.1, 0.15) is 19.3 Å². The summed E-state index contributed by atoms with van der Waals surface area (Å²) in [6.45, 7) is 6.24. The quantitative estimate of drug-likeness (QED) is 0.255. The molecule has 0 saturated carbocycles. The maximum absolute atomic E-state index is 11.5. The van der Waals surface area contributed by atoms with Crippen LogP contribution in [0.4, 0.5) is 0 Å². The van der Waals surface area contributed by atoms with Gasteiger partial charge in [-0.3, -0.25) is 9.59 Å². The molecule has 1 N–H and O–H groups in total. The van der Waals surface area contributed by atoms with E-state index in [1.807, 2.05) is 0 Å². The zero-order valence-electron chi connectivity index (χ0n) is 13.7. The third-order valence-electron chi connectivity index (χ3n) is 2.67. The molecule has 0 aliphatic carbocycles. The number of ether oxygens (including phenoxy) is 3. The molecule has 0 aromatic carbocycles. The molecule has 23 heavy (non-hydrogen) atoms. The van der Waals surface area contributed by atoms with Gasteiger partial charge in [-0.25, -0.2) is 4.79 Å². The number of hydrogen-bond acceptors (Lipinski definition) is 8. The van der Waals surface area contributed by atoms with Crippen molar-refractivity contribution in [2.24, 2.45) is 5.41 Å². The second kappa shape index (κ2) is 11.1. The molecule has 0 bridgehead atoms. The molecule has 0 aromatic heterocycles. The molecule has 132 valence electrons. The number of carbonyl (C=O) groups excluding carboxylic acids is 3. The van der Waals surface area contributed by atoms with Gasteiger partial charge in [0, 0.05) is 17.6 Å². The Morgan fingerprint density at radius 1 is 1.26 bits per heavy atom. The van der Waals surface area contributed by atoms with Crippen molar-refractivity contribution in [3.05, 3.63) is 12.7 Å². The average molecular weight is 348 g/mol. The third-order valence-corrected chi connectivity index (χ3v) is 4.09. The highest BCUT2D eigenvalue weighted by atomic mass is 32.2. The first kappa shape index (κ1) is 21.5. The van der Waals surface area contributed by atoms with E-state index < -0.39 is 23.5 Å². The standard InChI is InChI=1S/C15H24O7S/c1-5-12(17)21-8-11(16)9-22-13(18)6-7-23-10-15(2,3)14(19)20-4/h5,11,16H,1,6-10H2,2-4H3. The summed E-state index contributed by atoms with van der Waals surface area (Å²) < 4.78 is 14.2. The highest BCUT2D eigenvalue weighted by molar-refractivity contribution is 7.99. The molecule has 0 aliphatic heterocycles. The average Bonchev–Trinajstić information content (AvgIpc) is 2.53. The Morgan fingerprint density at radius 3 is 2.43 bits per heavy atom. The fourth-order valence-corrected chi connectivity index (χ4v) is 2.45. The van der Waals surface area contributed by atoms with Crippen LogP contribution in [0.2, 0.25) is 0 Å². The monoisotopic (exact) mass is 348 g/mol. The van der Waals surface area contributed by atoms with Crippen LogP contribution in [0.15, 0.2) is 12.7 Å². The summed E-state index contributed by atoms with van der Waals surface area (Å²) in [7, 11) is 1.34. The van der Waals surface area contributed by atoms with E-state index in [1.54, 1.807) is 13.8 Å². The van der Waals surface area contributed by atoms with Crippen molar-refractivity contribution in [2.75, 3.05) is 31.8 Å². The first-order valence-corrected chi connectivity index (χ1v) is 8.17. The van der Waals surface area contributed by atoms with Crippen molar-refractivity contribution in [1.29, 1.82) is 0 Å². The van der Waals surface area contributed by atoms with Crippen LogP contribution in [0.3, 0.4) is 0 Å². The molecular formula is C15H24O7S. The van der Waals surface area contributed by atoms with E-state index in [2.05, 4.69) is 11.3 Å². The molecule has 0 saturated heterocycles. The van der Waals surface area contributed by atoms with Gasteiger partial charge in [-0.15, -0.1) is 0 Å². The highest BCUT2D eigenvalue weighted by Crippen LogP contribution is 2.23. The molecule has 0 aromatic rings. The van der Waals surface area contributed by atoms with Crippen LogP contribution in [-0.4, -0.2) is 60.9 Å². The number of hydrogen-bond donors (Lipinski definition) is 1. The lowest BCUT2D eigenvalue weighted by Gasteiger charge is -2.20. The lowest BCUT2D eigenvalue weighted by molar-refractivity contribution is -0.150. The van der Waals surface area contributed by atoms with Gasteiger partial charge in [0.25, 0.3) is 0 Å². The third kappa shape index (κ3) is 9.96. The van der Waals surface area contributed by atoms with E-state index in [0.717, 1.165) is 6.08 Å². The van der Waals surface area contributed by atoms with Crippen LogP contribution in [0.1, 0.15) is 20.3 Å². The summed E-state index contributed by atoms with van der Waals surface area (Å²) in [4.78, 5) is 33.8. The lowest BCUT2D eigenvalue weighted by atomic mass is 9.97. The van der Waals surface area contributed by atoms with Gasteiger partial charge in [0.15, 0.2) is 0 Å². The summed E-state index contributed by atoms with van der Waals surface area (Å²) in [5, 5.41) is 9.46. The largest absolute Gasteiger partial charge is 0.469 e. The predicted octanol–water partition coefficient (Wildman–Crippen LogP) is 0.942. The Bertz CT molecular complexity index is 420. The molecule has 0 heterocycles. The molecule has 8 heteroatoms. The Hall–Kier alpha value is -1.54. The number of rotatable bonds is 11. The van der Waals surface area contributed by atoms with E-state index in [0.29, 0.717) is 11.5 Å². The molecule has 0 fully saturated rings. The Kier molecular flexibility index (Phi) is 10.3. The zero-order chi connectivity index (χ0) is 17.9. The lowest BCUT2D eigenvalue weighted by Crippen LogP contribution is -2.28. The molecular weight excluding hydrogens is 324 g/mol. The van der Waals surface area contributed by atoms with Gasteiger partial charge >= 0.3 is 17.9 Å². The van der Waals surface area contributed by atoms with Crippen molar-refractivity contribution in [3.63, 3.8) is 0 Å². The van der Waals surface area contributed by atoms with Crippen LogP contribution >= 0.6 is 11.8 Å². The molecule has 0 rings (SSSR count). The SMILES string of the molecule is C=CC(=O)OCC(O)COC(=O)CCSCC(C)(C)C(=O)OC. The molecule has 0 spiro atoms. The predicted molar refractivity (Wildman–Crippen MR) is 85.9 cm³/mol. The number of aliphatic hydroxyl groups is 1. The van der Waals surface area contributed by atoms with Crippen LogP contribution in [0.5, 0.6) is 0 Å². The van der Waals surface area contributed by atoms with Crippen LogP contribution in [-0.2, 0) is 28.6 Å². The maximum Gasteiger partial charge on any atom is 0.330 e. The number of aliphatic hydroxyl groups excluding tert-OH is 1. The Balaban J connectivity index is 3.81. The van der Waals surface area contributed by atoms with Crippen LogP contribution in [0.25, 0.3) is 0 Å². The highest BCUT2D eigenvalue weighted by Gasteiger charge is 2.28. The summed E-state index contributed by atoms with van der Waals surface area (Å²) in [6, 6.07) is 0. The minimum Gasteiger partial charge on any atom is -0.469 e. The second-order valence-electron chi connectivity index (χ2n) is 5.35. The number of esters is 3. The summed E-state index contributed by atoms with van der Waals surface area (Å²) in [6.07, 6.45) is 0.0566. The minimum atomic E-state index is -1.08. The summed E-state index contributed by atoms with van der Waals surface area (Å²) in [5.41, 5.74) is -0.617. The van der Waals surface area contributed by atoms with E-state index >= 15 is 0 Å². The van der Waals surface area contributed by atoms with Crippen LogP contribution < -0.4 is 0 Å². The Labute approximate surface area is 140 Å². The molecule has 1 unspecified atom stereocenters. The fourth-order valence-electron chi connectivity index (χ4n) is 1.36.